The molecule has 3 unspecified atom stereocenters. The van der Waals surface area contributed by atoms with Gasteiger partial charge in [-0.2, -0.15) is 0 Å². The molecule has 2 saturated heterocycles. The zero-order chi connectivity index (χ0) is 13.0. The van der Waals surface area contributed by atoms with Crippen LogP contribution in [0.4, 0.5) is 0 Å². The number of methoxy groups -OCH3 is 1. The molecule has 0 aromatic heterocycles. The summed E-state index contributed by atoms with van der Waals surface area (Å²) in [7, 11) is 1.70. The number of likely N-dealkylation sites (tertiary alicyclic amines) is 1. The molecule has 5 heteroatoms. The van der Waals surface area contributed by atoms with E-state index in [2.05, 4.69) is 22.5 Å². The topological polar surface area (TPSA) is 53.6 Å². The first kappa shape index (κ1) is 13.8. The average Bonchev–Trinajstić information content (AvgIpc) is 3.05. The first-order chi connectivity index (χ1) is 8.70. The minimum Gasteiger partial charge on any atom is -0.380 e. The quantitative estimate of drug-likeness (QED) is 0.724. The largest absolute Gasteiger partial charge is 0.380 e. The van der Waals surface area contributed by atoms with E-state index in [1.807, 2.05) is 0 Å². The summed E-state index contributed by atoms with van der Waals surface area (Å²) in [6.45, 7) is 6.05. The molecule has 1 amide bonds. The van der Waals surface area contributed by atoms with Crippen LogP contribution in [0.5, 0.6) is 0 Å². The van der Waals surface area contributed by atoms with Crippen LogP contribution < -0.4 is 10.6 Å². The third-order valence-electron chi connectivity index (χ3n) is 4.08. The van der Waals surface area contributed by atoms with Crippen LogP contribution in [0.1, 0.15) is 26.2 Å². The molecule has 2 N–H and O–H groups in total. The number of carbonyl (C=O) groups is 1. The lowest BCUT2D eigenvalue weighted by Gasteiger charge is -2.24. The fourth-order valence-corrected chi connectivity index (χ4v) is 2.77. The van der Waals surface area contributed by atoms with Crippen molar-refractivity contribution in [3.63, 3.8) is 0 Å². The highest BCUT2D eigenvalue weighted by Crippen LogP contribution is 2.12. The van der Waals surface area contributed by atoms with Crippen molar-refractivity contribution >= 4 is 5.91 Å². The van der Waals surface area contributed by atoms with E-state index in [0.717, 1.165) is 19.5 Å². The molecule has 3 atom stereocenters. The molecule has 2 heterocycles. The number of carbonyl (C=O) groups excluding carboxylic acids is 1. The third-order valence-corrected chi connectivity index (χ3v) is 4.08. The molecule has 0 aromatic rings. The van der Waals surface area contributed by atoms with Gasteiger partial charge in [-0.3, -0.25) is 9.69 Å². The second-order valence-corrected chi connectivity index (χ2v) is 5.39. The van der Waals surface area contributed by atoms with Crippen LogP contribution in [0.2, 0.25) is 0 Å². The average molecular weight is 255 g/mol. The molecule has 2 fully saturated rings. The Morgan fingerprint density at radius 1 is 1.50 bits per heavy atom. The number of hydrogen-bond donors (Lipinski definition) is 2. The van der Waals surface area contributed by atoms with Crippen LogP contribution in [0, 0.1) is 0 Å². The smallest absolute Gasteiger partial charge is 0.237 e. The highest BCUT2D eigenvalue weighted by atomic mass is 16.5. The molecule has 2 rings (SSSR count). The van der Waals surface area contributed by atoms with Gasteiger partial charge >= 0.3 is 0 Å². The Labute approximate surface area is 109 Å². The second kappa shape index (κ2) is 6.50. The van der Waals surface area contributed by atoms with Crippen molar-refractivity contribution in [2.75, 3.05) is 33.3 Å². The predicted molar refractivity (Wildman–Crippen MR) is 70.5 cm³/mol. The standard InChI is InChI=1S/C13H25N3O2/c1-10(16-5-3-4-6-16)8-15-13(17)12-7-11(18-2)9-14-12/h10-12,14H,3-9H2,1-2H3,(H,15,17). The van der Waals surface area contributed by atoms with Crippen molar-refractivity contribution in [1.82, 2.24) is 15.5 Å². The number of rotatable bonds is 5. The van der Waals surface area contributed by atoms with Crippen LogP contribution in [0.25, 0.3) is 0 Å². The van der Waals surface area contributed by atoms with Gasteiger partial charge in [0.2, 0.25) is 5.91 Å². The maximum Gasteiger partial charge on any atom is 0.237 e. The molecule has 2 aliphatic rings. The Morgan fingerprint density at radius 2 is 2.22 bits per heavy atom. The number of hydrogen-bond acceptors (Lipinski definition) is 4. The van der Waals surface area contributed by atoms with Gasteiger partial charge in [-0.15, -0.1) is 0 Å². The van der Waals surface area contributed by atoms with E-state index in [1.54, 1.807) is 7.11 Å². The molecular formula is C13H25N3O2. The lowest BCUT2D eigenvalue weighted by Crippen LogP contribution is -2.46. The zero-order valence-corrected chi connectivity index (χ0v) is 11.4. The molecule has 0 bridgehead atoms. The Hall–Kier alpha value is -0.650. The maximum absolute atomic E-state index is 12.0. The summed E-state index contributed by atoms with van der Waals surface area (Å²) in [6.07, 6.45) is 3.54. The maximum atomic E-state index is 12.0. The molecule has 0 aromatic carbocycles. The van der Waals surface area contributed by atoms with Gasteiger partial charge < -0.3 is 15.4 Å². The first-order valence-electron chi connectivity index (χ1n) is 6.98. The molecule has 2 aliphatic heterocycles. The van der Waals surface area contributed by atoms with E-state index in [1.165, 1.54) is 25.9 Å². The van der Waals surface area contributed by atoms with E-state index >= 15 is 0 Å². The minimum atomic E-state index is -0.0827. The summed E-state index contributed by atoms with van der Waals surface area (Å²) in [5, 5.41) is 6.25. The highest BCUT2D eigenvalue weighted by Gasteiger charge is 2.29. The Kier molecular flexibility index (Phi) is 4.97. The van der Waals surface area contributed by atoms with Crippen molar-refractivity contribution < 1.29 is 9.53 Å². The van der Waals surface area contributed by atoms with E-state index in [0.29, 0.717) is 6.04 Å². The zero-order valence-electron chi connectivity index (χ0n) is 11.4. The molecule has 0 saturated carbocycles. The monoisotopic (exact) mass is 255 g/mol. The molecule has 0 spiro atoms. The van der Waals surface area contributed by atoms with Gasteiger partial charge in [0, 0.05) is 26.2 Å². The van der Waals surface area contributed by atoms with Gasteiger partial charge in [0.15, 0.2) is 0 Å². The van der Waals surface area contributed by atoms with E-state index in [4.69, 9.17) is 4.74 Å². The van der Waals surface area contributed by atoms with E-state index in [9.17, 15) is 4.79 Å². The number of nitrogens with one attached hydrogen (secondary N) is 2. The number of ether oxygens (including phenoxy) is 1. The lowest BCUT2D eigenvalue weighted by molar-refractivity contribution is -0.123. The summed E-state index contributed by atoms with van der Waals surface area (Å²) < 4.78 is 5.25. The molecular weight excluding hydrogens is 230 g/mol. The van der Waals surface area contributed by atoms with Crippen molar-refractivity contribution in [3.8, 4) is 0 Å². The lowest BCUT2D eigenvalue weighted by atomic mass is 10.2. The van der Waals surface area contributed by atoms with Gasteiger partial charge in [0.25, 0.3) is 0 Å². The first-order valence-corrected chi connectivity index (χ1v) is 6.98. The molecule has 5 nitrogen and oxygen atoms in total. The molecule has 0 aliphatic carbocycles. The number of amides is 1. The van der Waals surface area contributed by atoms with Gasteiger partial charge in [-0.1, -0.05) is 0 Å². The molecule has 0 radical (unpaired) electrons. The van der Waals surface area contributed by atoms with E-state index < -0.39 is 0 Å². The van der Waals surface area contributed by atoms with Crippen molar-refractivity contribution in [2.45, 2.75) is 44.4 Å². The summed E-state index contributed by atoms with van der Waals surface area (Å²) >= 11 is 0. The summed E-state index contributed by atoms with van der Waals surface area (Å²) in [6, 6.07) is 0.358. The third kappa shape index (κ3) is 3.43. The molecule has 18 heavy (non-hydrogen) atoms. The molecule has 104 valence electrons. The predicted octanol–water partition coefficient (Wildman–Crippen LogP) is -0.0362. The minimum absolute atomic E-state index is 0.0827. The summed E-state index contributed by atoms with van der Waals surface area (Å²) in [5.41, 5.74) is 0. The number of nitrogens with zero attached hydrogens (tertiary/aromatic N) is 1. The Balaban J connectivity index is 1.68. The van der Waals surface area contributed by atoms with E-state index in [-0.39, 0.29) is 18.1 Å². The Bertz CT molecular complexity index is 279. The van der Waals surface area contributed by atoms with Crippen molar-refractivity contribution in [1.29, 1.82) is 0 Å². The van der Waals surface area contributed by atoms with Gasteiger partial charge in [-0.25, -0.2) is 0 Å². The van der Waals surface area contributed by atoms with Crippen molar-refractivity contribution in [3.05, 3.63) is 0 Å². The van der Waals surface area contributed by atoms with Gasteiger partial charge in [0.05, 0.1) is 12.1 Å². The SMILES string of the molecule is COC1CNC(C(=O)NCC(C)N2CCCC2)C1. The fourth-order valence-electron chi connectivity index (χ4n) is 2.77. The normalized spacial score (nSPS) is 30.6. The van der Waals surface area contributed by atoms with Crippen LogP contribution in [-0.4, -0.2) is 62.3 Å². The van der Waals surface area contributed by atoms with Crippen LogP contribution in [0.15, 0.2) is 0 Å². The van der Waals surface area contributed by atoms with Crippen LogP contribution >= 0.6 is 0 Å². The van der Waals surface area contributed by atoms with Crippen LogP contribution in [-0.2, 0) is 9.53 Å². The van der Waals surface area contributed by atoms with Crippen LogP contribution in [0.3, 0.4) is 0 Å². The van der Waals surface area contributed by atoms with Gasteiger partial charge in [0.1, 0.15) is 0 Å². The fraction of sp³-hybridized carbons (Fsp3) is 0.923. The van der Waals surface area contributed by atoms with Gasteiger partial charge in [-0.05, 0) is 39.3 Å². The van der Waals surface area contributed by atoms with Crippen molar-refractivity contribution in [2.24, 2.45) is 0 Å². The summed E-state index contributed by atoms with van der Waals surface area (Å²) in [5.74, 6) is 0.112. The summed E-state index contributed by atoms with van der Waals surface area (Å²) in [4.78, 5) is 14.4. The highest BCUT2D eigenvalue weighted by molar-refractivity contribution is 5.82. The Morgan fingerprint density at radius 3 is 2.83 bits per heavy atom. The second-order valence-electron chi connectivity index (χ2n) is 5.39.